The minimum absolute atomic E-state index is 0.538. The summed E-state index contributed by atoms with van der Waals surface area (Å²) in [6.07, 6.45) is 3.38. The maximum atomic E-state index is 6.09. The van der Waals surface area contributed by atoms with E-state index in [2.05, 4.69) is 16.9 Å². The number of hydrogen-bond acceptors (Lipinski definition) is 3. The standard InChI is InChI=1S/C11H10Cl2N2S/c1-2-3-7-10(14-6-15-11(7)13)8-4-5-9(12)16-8/h4-6H,2-3H2,1H3. The zero-order chi connectivity index (χ0) is 11.5. The lowest BCUT2D eigenvalue weighted by atomic mass is 10.1. The second-order valence-electron chi connectivity index (χ2n) is 3.35. The SMILES string of the molecule is CCCc1c(Cl)ncnc1-c1ccc(Cl)s1. The molecule has 0 saturated carbocycles. The lowest BCUT2D eigenvalue weighted by molar-refractivity contribution is 0.905. The van der Waals surface area contributed by atoms with E-state index in [-0.39, 0.29) is 0 Å². The van der Waals surface area contributed by atoms with Crippen LogP contribution in [-0.4, -0.2) is 9.97 Å². The third-order valence-corrected chi connectivity index (χ3v) is 3.76. The van der Waals surface area contributed by atoms with Crippen LogP contribution < -0.4 is 0 Å². The molecular weight excluding hydrogens is 263 g/mol. The average Bonchev–Trinajstić information content (AvgIpc) is 2.68. The van der Waals surface area contributed by atoms with Crippen molar-refractivity contribution in [3.8, 4) is 10.6 Å². The Labute approximate surface area is 108 Å². The number of aromatic nitrogens is 2. The van der Waals surface area contributed by atoms with Crippen LogP contribution >= 0.6 is 34.5 Å². The number of hydrogen-bond donors (Lipinski definition) is 0. The molecule has 5 heteroatoms. The molecule has 2 aromatic heterocycles. The zero-order valence-corrected chi connectivity index (χ0v) is 11.0. The molecule has 2 rings (SSSR count). The van der Waals surface area contributed by atoms with Crippen LogP contribution in [0.3, 0.4) is 0 Å². The Morgan fingerprint density at radius 3 is 2.69 bits per heavy atom. The van der Waals surface area contributed by atoms with Gasteiger partial charge in [-0.2, -0.15) is 0 Å². The van der Waals surface area contributed by atoms with E-state index in [0.717, 1.165) is 33.3 Å². The maximum Gasteiger partial charge on any atom is 0.136 e. The number of nitrogens with zero attached hydrogens (tertiary/aromatic N) is 2. The molecule has 2 aromatic rings. The van der Waals surface area contributed by atoms with E-state index in [1.807, 2.05) is 12.1 Å². The summed E-state index contributed by atoms with van der Waals surface area (Å²) in [6, 6.07) is 3.83. The van der Waals surface area contributed by atoms with Gasteiger partial charge in [0, 0.05) is 5.56 Å². The van der Waals surface area contributed by atoms with Crippen molar-refractivity contribution >= 4 is 34.5 Å². The summed E-state index contributed by atoms with van der Waals surface area (Å²) in [6.45, 7) is 2.11. The molecule has 0 saturated heterocycles. The van der Waals surface area contributed by atoms with Crippen LogP contribution in [-0.2, 0) is 6.42 Å². The van der Waals surface area contributed by atoms with Crippen LogP contribution in [0.4, 0.5) is 0 Å². The Morgan fingerprint density at radius 2 is 2.06 bits per heavy atom. The fourth-order valence-electron chi connectivity index (χ4n) is 1.52. The Balaban J connectivity index is 2.51. The van der Waals surface area contributed by atoms with E-state index in [0.29, 0.717) is 5.15 Å². The van der Waals surface area contributed by atoms with Gasteiger partial charge in [0.1, 0.15) is 11.5 Å². The van der Waals surface area contributed by atoms with Gasteiger partial charge in [0.05, 0.1) is 14.9 Å². The first-order valence-corrected chi connectivity index (χ1v) is 6.54. The van der Waals surface area contributed by atoms with Gasteiger partial charge < -0.3 is 0 Å². The van der Waals surface area contributed by atoms with Crippen LogP contribution in [0.15, 0.2) is 18.5 Å². The third kappa shape index (κ3) is 2.37. The highest BCUT2D eigenvalue weighted by molar-refractivity contribution is 7.19. The van der Waals surface area contributed by atoms with Crippen molar-refractivity contribution in [2.45, 2.75) is 19.8 Å². The van der Waals surface area contributed by atoms with Crippen molar-refractivity contribution in [2.24, 2.45) is 0 Å². The quantitative estimate of drug-likeness (QED) is 0.771. The van der Waals surface area contributed by atoms with E-state index in [1.54, 1.807) is 0 Å². The first kappa shape index (κ1) is 11.8. The van der Waals surface area contributed by atoms with Crippen molar-refractivity contribution in [3.05, 3.63) is 33.5 Å². The second-order valence-corrected chi connectivity index (χ2v) is 5.42. The van der Waals surface area contributed by atoms with Crippen LogP contribution in [0.2, 0.25) is 9.49 Å². The predicted molar refractivity (Wildman–Crippen MR) is 69.4 cm³/mol. The summed E-state index contributed by atoms with van der Waals surface area (Å²) in [5.74, 6) is 0. The fourth-order valence-corrected chi connectivity index (χ4v) is 2.81. The van der Waals surface area contributed by atoms with Crippen molar-refractivity contribution in [1.29, 1.82) is 0 Å². The molecule has 0 spiro atoms. The van der Waals surface area contributed by atoms with E-state index < -0.39 is 0 Å². The molecular formula is C11H10Cl2N2S. The van der Waals surface area contributed by atoms with Crippen LogP contribution in [0, 0.1) is 0 Å². The predicted octanol–water partition coefficient (Wildman–Crippen LogP) is 4.46. The van der Waals surface area contributed by atoms with Gasteiger partial charge in [-0.1, -0.05) is 36.5 Å². The highest BCUT2D eigenvalue weighted by Crippen LogP contribution is 2.33. The minimum Gasteiger partial charge on any atom is -0.235 e. The Hall–Kier alpha value is -0.640. The third-order valence-electron chi connectivity index (χ3n) is 2.20. The van der Waals surface area contributed by atoms with Crippen molar-refractivity contribution in [1.82, 2.24) is 9.97 Å². The first-order chi connectivity index (χ1) is 7.72. The molecule has 0 aliphatic carbocycles. The topological polar surface area (TPSA) is 25.8 Å². The molecule has 0 N–H and O–H groups in total. The van der Waals surface area contributed by atoms with Crippen molar-refractivity contribution in [3.63, 3.8) is 0 Å². The van der Waals surface area contributed by atoms with Crippen molar-refractivity contribution < 1.29 is 0 Å². The zero-order valence-electron chi connectivity index (χ0n) is 8.70. The monoisotopic (exact) mass is 272 g/mol. The second kappa shape index (κ2) is 5.13. The molecule has 0 fully saturated rings. The van der Waals surface area contributed by atoms with Gasteiger partial charge in [-0.25, -0.2) is 9.97 Å². The fraction of sp³-hybridized carbons (Fsp3) is 0.273. The molecule has 0 aromatic carbocycles. The van der Waals surface area contributed by atoms with Crippen LogP contribution in [0.1, 0.15) is 18.9 Å². The first-order valence-electron chi connectivity index (χ1n) is 4.97. The van der Waals surface area contributed by atoms with E-state index in [1.165, 1.54) is 17.7 Å². The molecule has 0 radical (unpaired) electrons. The lowest BCUT2D eigenvalue weighted by Crippen LogP contribution is -1.95. The Kier molecular flexibility index (Phi) is 3.79. The molecule has 0 unspecified atom stereocenters. The van der Waals surface area contributed by atoms with Gasteiger partial charge in [0.15, 0.2) is 0 Å². The van der Waals surface area contributed by atoms with Crippen LogP contribution in [0.25, 0.3) is 10.6 Å². The molecule has 0 aliphatic heterocycles. The lowest BCUT2D eigenvalue weighted by Gasteiger charge is -2.06. The molecule has 0 amide bonds. The molecule has 16 heavy (non-hydrogen) atoms. The molecule has 2 heterocycles. The summed E-state index contributed by atoms with van der Waals surface area (Å²) in [4.78, 5) is 9.35. The summed E-state index contributed by atoms with van der Waals surface area (Å²) >= 11 is 13.5. The molecule has 0 aliphatic rings. The van der Waals surface area contributed by atoms with Gasteiger partial charge in [0.2, 0.25) is 0 Å². The molecule has 2 nitrogen and oxygen atoms in total. The van der Waals surface area contributed by atoms with Gasteiger partial charge in [-0.3, -0.25) is 0 Å². The average molecular weight is 273 g/mol. The normalized spacial score (nSPS) is 10.7. The van der Waals surface area contributed by atoms with E-state index >= 15 is 0 Å². The largest absolute Gasteiger partial charge is 0.235 e. The van der Waals surface area contributed by atoms with Gasteiger partial charge in [-0.05, 0) is 18.6 Å². The van der Waals surface area contributed by atoms with E-state index in [4.69, 9.17) is 23.2 Å². The summed E-state index contributed by atoms with van der Waals surface area (Å²) < 4.78 is 0.757. The molecule has 84 valence electrons. The summed E-state index contributed by atoms with van der Waals surface area (Å²) in [5.41, 5.74) is 1.91. The van der Waals surface area contributed by atoms with Crippen molar-refractivity contribution in [2.75, 3.05) is 0 Å². The number of thiophene rings is 1. The number of halogens is 2. The molecule has 0 bridgehead atoms. The van der Waals surface area contributed by atoms with Gasteiger partial charge in [0.25, 0.3) is 0 Å². The van der Waals surface area contributed by atoms with Gasteiger partial charge >= 0.3 is 0 Å². The maximum absolute atomic E-state index is 6.09. The van der Waals surface area contributed by atoms with E-state index in [9.17, 15) is 0 Å². The summed E-state index contributed by atoms with van der Waals surface area (Å²) in [5, 5.41) is 0.538. The summed E-state index contributed by atoms with van der Waals surface area (Å²) in [7, 11) is 0. The highest BCUT2D eigenvalue weighted by atomic mass is 35.5. The number of rotatable bonds is 3. The van der Waals surface area contributed by atoms with Gasteiger partial charge in [-0.15, -0.1) is 11.3 Å². The van der Waals surface area contributed by atoms with Crippen LogP contribution in [0.5, 0.6) is 0 Å². The Morgan fingerprint density at radius 1 is 1.25 bits per heavy atom. The smallest absolute Gasteiger partial charge is 0.136 e. The minimum atomic E-state index is 0.538. The Bertz CT molecular complexity index is 496. The molecule has 0 atom stereocenters. The highest BCUT2D eigenvalue weighted by Gasteiger charge is 2.12.